The first-order chi connectivity index (χ1) is 15.1. The molecule has 0 spiro atoms. The van der Waals surface area contributed by atoms with Crippen molar-refractivity contribution >= 4 is 34.0 Å². The standard InChI is InChI=1S/C23H25ClFN3O3/c1-29-21-13-16-3-6-23(26-17-4-5-19(25)18(24)14-17)27-20(16)15-22(21)31-10-2-7-28-8-11-30-12-9-28/h3-6,13-15H,2,7-12H2,1H3,(H,26,27). The van der Waals surface area contributed by atoms with Crippen LogP contribution in [-0.2, 0) is 4.74 Å². The van der Waals surface area contributed by atoms with Crippen molar-refractivity contribution < 1.29 is 18.6 Å². The van der Waals surface area contributed by atoms with E-state index in [-0.39, 0.29) is 5.02 Å². The normalized spacial score (nSPS) is 14.5. The van der Waals surface area contributed by atoms with E-state index in [0.29, 0.717) is 29.6 Å². The number of anilines is 2. The molecule has 1 fully saturated rings. The minimum Gasteiger partial charge on any atom is -0.493 e. The number of methoxy groups -OCH3 is 1. The molecule has 0 amide bonds. The lowest BCUT2D eigenvalue weighted by Crippen LogP contribution is -2.37. The number of pyridine rings is 1. The molecule has 0 saturated carbocycles. The van der Waals surface area contributed by atoms with Gasteiger partial charge in [-0.05, 0) is 42.8 Å². The maximum atomic E-state index is 13.4. The maximum Gasteiger partial charge on any atom is 0.163 e. The van der Waals surface area contributed by atoms with Crippen LogP contribution in [0.15, 0.2) is 42.5 Å². The van der Waals surface area contributed by atoms with Crippen LogP contribution in [0.3, 0.4) is 0 Å². The Kier molecular flexibility index (Phi) is 7.06. The third-order valence-corrected chi connectivity index (χ3v) is 5.44. The van der Waals surface area contributed by atoms with E-state index in [0.717, 1.165) is 50.2 Å². The van der Waals surface area contributed by atoms with Crippen molar-refractivity contribution in [2.45, 2.75) is 6.42 Å². The van der Waals surface area contributed by atoms with Gasteiger partial charge >= 0.3 is 0 Å². The second kappa shape index (κ2) is 10.1. The SMILES string of the molecule is COc1cc2ccc(Nc3ccc(F)c(Cl)c3)nc2cc1OCCCN1CCOCC1. The summed E-state index contributed by atoms with van der Waals surface area (Å²) in [4.78, 5) is 7.04. The Morgan fingerprint density at radius 3 is 2.74 bits per heavy atom. The van der Waals surface area contributed by atoms with Gasteiger partial charge in [0.15, 0.2) is 11.5 Å². The fourth-order valence-electron chi connectivity index (χ4n) is 3.49. The molecule has 2 aromatic carbocycles. The first-order valence-electron chi connectivity index (χ1n) is 10.3. The molecule has 0 aliphatic carbocycles. The van der Waals surface area contributed by atoms with Crippen LogP contribution in [0.4, 0.5) is 15.9 Å². The largest absolute Gasteiger partial charge is 0.493 e. The van der Waals surface area contributed by atoms with E-state index in [4.69, 9.17) is 25.8 Å². The van der Waals surface area contributed by atoms with Crippen LogP contribution < -0.4 is 14.8 Å². The summed E-state index contributed by atoms with van der Waals surface area (Å²) >= 11 is 5.86. The molecule has 1 aromatic heterocycles. The molecule has 0 bridgehead atoms. The predicted octanol–water partition coefficient (Wildman–Crippen LogP) is 4.88. The van der Waals surface area contributed by atoms with Crippen molar-refractivity contribution in [2.75, 3.05) is 51.9 Å². The first kappa shape index (κ1) is 21.6. The van der Waals surface area contributed by atoms with Crippen LogP contribution in [0.2, 0.25) is 5.02 Å². The number of hydrogen-bond acceptors (Lipinski definition) is 6. The number of aromatic nitrogens is 1. The summed E-state index contributed by atoms with van der Waals surface area (Å²) in [5, 5.41) is 4.14. The Hall–Kier alpha value is -2.61. The number of morpholine rings is 1. The summed E-state index contributed by atoms with van der Waals surface area (Å²) in [5.41, 5.74) is 1.42. The molecular weight excluding hydrogens is 421 g/mol. The topological polar surface area (TPSA) is 55.8 Å². The zero-order valence-electron chi connectivity index (χ0n) is 17.4. The van der Waals surface area contributed by atoms with E-state index in [2.05, 4.69) is 15.2 Å². The summed E-state index contributed by atoms with van der Waals surface area (Å²) < 4.78 is 30.3. The summed E-state index contributed by atoms with van der Waals surface area (Å²) in [5.74, 6) is 1.50. The highest BCUT2D eigenvalue weighted by Crippen LogP contribution is 2.33. The molecule has 1 aliphatic heterocycles. The van der Waals surface area contributed by atoms with Crippen molar-refractivity contribution in [3.8, 4) is 11.5 Å². The van der Waals surface area contributed by atoms with Gasteiger partial charge in [-0.1, -0.05) is 11.6 Å². The fraction of sp³-hybridized carbons (Fsp3) is 0.348. The zero-order valence-corrected chi connectivity index (χ0v) is 18.1. The zero-order chi connectivity index (χ0) is 21.6. The molecule has 1 N–H and O–H groups in total. The number of ether oxygens (including phenoxy) is 3. The molecule has 0 atom stereocenters. The Labute approximate surface area is 185 Å². The first-order valence-corrected chi connectivity index (χ1v) is 10.6. The van der Waals surface area contributed by atoms with Gasteiger partial charge in [-0.15, -0.1) is 0 Å². The molecule has 31 heavy (non-hydrogen) atoms. The van der Waals surface area contributed by atoms with Gasteiger partial charge < -0.3 is 19.5 Å². The van der Waals surface area contributed by atoms with Crippen LogP contribution in [0.25, 0.3) is 10.9 Å². The lowest BCUT2D eigenvalue weighted by Gasteiger charge is -2.26. The number of fused-ring (bicyclic) bond motifs is 1. The highest BCUT2D eigenvalue weighted by atomic mass is 35.5. The van der Waals surface area contributed by atoms with Crippen molar-refractivity contribution in [1.82, 2.24) is 9.88 Å². The van der Waals surface area contributed by atoms with Crippen LogP contribution >= 0.6 is 11.6 Å². The third kappa shape index (κ3) is 5.55. The van der Waals surface area contributed by atoms with Crippen molar-refractivity contribution in [2.24, 2.45) is 0 Å². The minimum absolute atomic E-state index is 0.0586. The number of rotatable bonds is 8. The molecular formula is C23H25ClFN3O3. The fourth-order valence-corrected chi connectivity index (χ4v) is 3.67. The highest BCUT2D eigenvalue weighted by molar-refractivity contribution is 6.31. The van der Waals surface area contributed by atoms with E-state index >= 15 is 0 Å². The number of nitrogens with zero attached hydrogens (tertiary/aromatic N) is 2. The predicted molar refractivity (Wildman–Crippen MR) is 120 cm³/mol. The summed E-state index contributed by atoms with van der Waals surface area (Å²) in [6, 6.07) is 12.1. The van der Waals surface area contributed by atoms with Gasteiger partial charge in [-0.2, -0.15) is 0 Å². The smallest absolute Gasteiger partial charge is 0.163 e. The van der Waals surface area contributed by atoms with Gasteiger partial charge in [0.1, 0.15) is 11.6 Å². The van der Waals surface area contributed by atoms with E-state index in [1.165, 1.54) is 12.1 Å². The van der Waals surface area contributed by atoms with Crippen molar-refractivity contribution in [3.63, 3.8) is 0 Å². The second-order valence-corrected chi connectivity index (χ2v) is 7.71. The quantitative estimate of drug-likeness (QED) is 0.499. The summed E-state index contributed by atoms with van der Waals surface area (Å²) in [6.45, 7) is 5.10. The van der Waals surface area contributed by atoms with Crippen LogP contribution in [0, 0.1) is 5.82 Å². The van der Waals surface area contributed by atoms with E-state index in [9.17, 15) is 4.39 Å². The Bertz CT molecular complexity index is 1040. The maximum absolute atomic E-state index is 13.4. The average Bonchev–Trinajstić information content (AvgIpc) is 2.79. The Balaban J connectivity index is 1.45. The Morgan fingerprint density at radius 2 is 1.97 bits per heavy atom. The number of halogens is 2. The molecule has 1 aliphatic rings. The minimum atomic E-state index is -0.457. The number of benzene rings is 2. The lowest BCUT2D eigenvalue weighted by molar-refractivity contribution is 0.0357. The van der Waals surface area contributed by atoms with E-state index in [1.807, 2.05) is 24.3 Å². The molecule has 164 valence electrons. The number of hydrogen-bond donors (Lipinski definition) is 1. The molecule has 4 rings (SSSR count). The van der Waals surface area contributed by atoms with E-state index in [1.54, 1.807) is 13.2 Å². The van der Waals surface area contributed by atoms with Gasteiger partial charge in [-0.25, -0.2) is 9.37 Å². The van der Waals surface area contributed by atoms with Gasteiger partial charge in [0, 0.05) is 36.8 Å². The second-order valence-electron chi connectivity index (χ2n) is 7.30. The molecule has 0 unspecified atom stereocenters. The summed E-state index contributed by atoms with van der Waals surface area (Å²) in [7, 11) is 1.63. The van der Waals surface area contributed by atoms with Crippen molar-refractivity contribution in [1.29, 1.82) is 0 Å². The molecule has 2 heterocycles. The molecule has 0 radical (unpaired) electrons. The van der Waals surface area contributed by atoms with E-state index < -0.39 is 5.82 Å². The van der Waals surface area contributed by atoms with Crippen LogP contribution in [-0.4, -0.2) is 56.4 Å². The van der Waals surface area contributed by atoms with Gasteiger partial charge in [0.25, 0.3) is 0 Å². The lowest BCUT2D eigenvalue weighted by atomic mass is 10.2. The van der Waals surface area contributed by atoms with Gasteiger partial charge in [0.05, 0.1) is 37.5 Å². The van der Waals surface area contributed by atoms with Crippen LogP contribution in [0.1, 0.15) is 6.42 Å². The molecule has 8 heteroatoms. The molecule has 3 aromatic rings. The van der Waals surface area contributed by atoms with Crippen LogP contribution in [0.5, 0.6) is 11.5 Å². The van der Waals surface area contributed by atoms with Gasteiger partial charge in [-0.3, -0.25) is 4.90 Å². The monoisotopic (exact) mass is 445 g/mol. The Morgan fingerprint density at radius 1 is 1.13 bits per heavy atom. The molecule has 6 nitrogen and oxygen atoms in total. The summed E-state index contributed by atoms with van der Waals surface area (Å²) in [6.07, 6.45) is 0.918. The average molecular weight is 446 g/mol. The van der Waals surface area contributed by atoms with Crippen molar-refractivity contribution in [3.05, 3.63) is 53.3 Å². The number of nitrogens with one attached hydrogen (secondary N) is 1. The molecule has 1 saturated heterocycles. The van der Waals surface area contributed by atoms with Gasteiger partial charge in [0.2, 0.25) is 0 Å². The third-order valence-electron chi connectivity index (χ3n) is 5.15. The highest BCUT2D eigenvalue weighted by Gasteiger charge is 2.12.